The van der Waals surface area contributed by atoms with Crippen LogP contribution in [0.3, 0.4) is 0 Å². The second-order valence-corrected chi connectivity index (χ2v) is 4.59. The van der Waals surface area contributed by atoms with E-state index in [1.165, 1.54) is 17.0 Å². The first-order valence-corrected chi connectivity index (χ1v) is 6.46. The fourth-order valence-corrected chi connectivity index (χ4v) is 2.05. The number of nitrogens with two attached hydrogens (primary N) is 1. The van der Waals surface area contributed by atoms with Gasteiger partial charge in [0, 0.05) is 24.3 Å². The van der Waals surface area contributed by atoms with Gasteiger partial charge >= 0.3 is 0 Å². The van der Waals surface area contributed by atoms with Gasteiger partial charge in [-0.25, -0.2) is 4.39 Å². The van der Waals surface area contributed by atoms with Crippen LogP contribution in [-0.2, 0) is 0 Å². The standard InChI is InChI=1S/C16H17FN2O/c1-12-4-2-5-13(10-12)16(20)19(9-8-18)15-7-3-6-14(17)11-15/h2-7,10-11H,8-9,18H2,1H3. The molecule has 0 saturated carbocycles. The highest BCUT2D eigenvalue weighted by molar-refractivity contribution is 6.06. The second kappa shape index (κ2) is 6.30. The fraction of sp³-hybridized carbons (Fsp3) is 0.188. The van der Waals surface area contributed by atoms with Crippen molar-refractivity contribution in [2.75, 3.05) is 18.0 Å². The van der Waals surface area contributed by atoms with E-state index in [0.717, 1.165) is 5.56 Å². The summed E-state index contributed by atoms with van der Waals surface area (Å²) in [5, 5.41) is 0. The number of hydrogen-bond donors (Lipinski definition) is 1. The largest absolute Gasteiger partial charge is 0.329 e. The van der Waals surface area contributed by atoms with Crippen LogP contribution in [0.1, 0.15) is 15.9 Å². The van der Waals surface area contributed by atoms with E-state index in [1.54, 1.807) is 18.2 Å². The molecule has 0 bridgehead atoms. The van der Waals surface area contributed by atoms with Gasteiger partial charge in [-0.1, -0.05) is 23.8 Å². The molecule has 0 fully saturated rings. The van der Waals surface area contributed by atoms with Crippen LogP contribution < -0.4 is 10.6 Å². The van der Waals surface area contributed by atoms with Crippen molar-refractivity contribution in [3.8, 4) is 0 Å². The Morgan fingerprint density at radius 2 is 1.95 bits per heavy atom. The highest BCUT2D eigenvalue weighted by atomic mass is 19.1. The molecule has 0 atom stereocenters. The van der Waals surface area contributed by atoms with Crippen molar-refractivity contribution in [1.29, 1.82) is 0 Å². The van der Waals surface area contributed by atoms with Gasteiger partial charge in [-0.05, 0) is 37.3 Å². The van der Waals surface area contributed by atoms with Gasteiger partial charge in [0.2, 0.25) is 0 Å². The van der Waals surface area contributed by atoms with Crippen LogP contribution in [0, 0.1) is 12.7 Å². The molecule has 0 aromatic heterocycles. The van der Waals surface area contributed by atoms with Crippen LogP contribution in [-0.4, -0.2) is 19.0 Å². The van der Waals surface area contributed by atoms with Crippen LogP contribution in [0.4, 0.5) is 10.1 Å². The maximum atomic E-state index is 13.3. The molecular formula is C16H17FN2O. The van der Waals surface area contributed by atoms with E-state index in [4.69, 9.17) is 5.73 Å². The fourth-order valence-electron chi connectivity index (χ4n) is 2.05. The molecule has 0 aliphatic rings. The Bertz CT molecular complexity index is 613. The van der Waals surface area contributed by atoms with Crippen molar-refractivity contribution in [3.63, 3.8) is 0 Å². The first kappa shape index (κ1) is 14.2. The lowest BCUT2D eigenvalue weighted by Gasteiger charge is -2.22. The molecule has 3 nitrogen and oxygen atoms in total. The monoisotopic (exact) mass is 272 g/mol. The average molecular weight is 272 g/mol. The highest BCUT2D eigenvalue weighted by Crippen LogP contribution is 2.18. The number of nitrogens with zero attached hydrogens (tertiary/aromatic N) is 1. The summed E-state index contributed by atoms with van der Waals surface area (Å²) < 4.78 is 13.3. The SMILES string of the molecule is Cc1cccc(C(=O)N(CCN)c2cccc(F)c2)c1. The van der Waals surface area contributed by atoms with Gasteiger partial charge in [0.25, 0.3) is 5.91 Å². The number of halogens is 1. The Morgan fingerprint density at radius 3 is 2.60 bits per heavy atom. The molecule has 0 aliphatic carbocycles. The molecule has 2 aromatic rings. The van der Waals surface area contributed by atoms with Crippen molar-refractivity contribution in [2.45, 2.75) is 6.92 Å². The zero-order valence-electron chi connectivity index (χ0n) is 11.3. The number of carbonyl (C=O) groups is 1. The number of amides is 1. The second-order valence-electron chi connectivity index (χ2n) is 4.59. The molecular weight excluding hydrogens is 255 g/mol. The first-order valence-electron chi connectivity index (χ1n) is 6.46. The lowest BCUT2D eigenvalue weighted by Crippen LogP contribution is -2.35. The van der Waals surface area contributed by atoms with Gasteiger partial charge in [-0.3, -0.25) is 4.79 Å². The summed E-state index contributed by atoms with van der Waals surface area (Å²) in [7, 11) is 0. The lowest BCUT2D eigenvalue weighted by molar-refractivity contribution is 0.0987. The topological polar surface area (TPSA) is 46.3 Å². The van der Waals surface area contributed by atoms with Crippen molar-refractivity contribution >= 4 is 11.6 Å². The molecule has 0 radical (unpaired) electrons. The van der Waals surface area contributed by atoms with E-state index in [-0.39, 0.29) is 11.7 Å². The van der Waals surface area contributed by atoms with E-state index in [0.29, 0.717) is 24.3 Å². The average Bonchev–Trinajstić information content (AvgIpc) is 2.44. The summed E-state index contributed by atoms with van der Waals surface area (Å²) in [6.45, 7) is 2.58. The summed E-state index contributed by atoms with van der Waals surface area (Å²) in [5.74, 6) is -0.550. The van der Waals surface area contributed by atoms with Crippen LogP contribution in [0.15, 0.2) is 48.5 Å². The smallest absolute Gasteiger partial charge is 0.258 e. The Morgan fingerprint density at radius 1 is 1.20 bits per heavy atom. The van der Waals surface area contributed by atoms with E-state index in [1.807, 2.05) is 25.1 Å². The van der Waals surface area contributed by atoms with Crippen molar-refractivity contribution in [2.24, 2.45) is 5.73 Å². The predicted octanol–water partition coefficient (Wildman–Crippen LogP) is 2.74. The third kappa shape index (κ3) is 3.22. The molecule has 0 heterocycles. The molecule has 4 heteroatoms. The number of carbonyl (C=O) groups excluding carboxylic acids is 1. The number of hydrogen-bond acceptors (Lipinski definition) is 2. The van der Waals surface area contributed by atoms with Crippen molar-refractivity contribution in [1.82, 2.24) is 0 Å². The molecule has 20 heavy (non-hydrogen) atoms. The van der Waals surface area contributed by atoms with Gasteiger partial charge < -0.3 is 10.6 Å². The van der Waals surface area contributed by atoms with E-state index >= 15 is 0 Å². The number of rotatable bonds is 4. The van der Waals surface area contributed by atoms with Gasteiger partial charge in [0.15, 0.2) is 0 Å². The molecule has 2 N–H and O–H groups in total. The maximum absolute atomic E-state index is 13.3. The summed E-state index contributed by atoms with van der Waals surface area (Å²) in [4.78, 5) is 14.0. The summed E-state index contributed by atoms with van der Waals surface area (Å²) in [6, 6.07) is 13.3. The normalized spacial score (nSPS) is 10.3. The van der Waals surface area contributed by atoms with Gasteiger partial charge in [-0.15, -0.1) is 0 Å². The first-order chi connectivity index (χ1) is 9.61. The molecule has 2 rings (SSSR count). The van der Waals surface area contributed by atoms with E-state index in [2.05, 4.69) is 0 Å². The summed E-state index contributed by atoms with van der Waals surface area (Å²) >= 11 is 0. The Labute approximate surface area is 117 Å². The lowest BCUT2D eigenvalue weighted by atomic mass is 10.1. The predicted molar refractivity (Wildman–Crippen MR) is 78.3 cm³/mol. The van der Waals surface area contributed by atoms with Gasteiger partial charge in [0.1, 0.15) is 5.82 Å². The number of anilines is 1. The Balaban J connectivity index is 2.35. The van der Waals surface area contributed by atoms with Crippen molar-refractivity contribution < 1.29 is 9.18 Å². The van der Waals surface area contributed by atoms with Crippen LogP contribution in [0.25, 0.3) is 0 Å². The molecule has 0 saturated heterocycles. The number of benzene rings is 2. The zero-order chi connectivity index (χ0) is 14.5. The zero-order valence-corrected chi connectivity index (χ0v) is 11.3. The third-order valence-electron chi connectivity index (χ3n) is 2.98. The Hall–Kier alpha value is -2.20. The quantitative estimate of drug-likeness (QED) is 0.930. The van der Waals surface area contributed by atoms with Crippen molar-refractivity contribution in [3.05, 3.63) is 65.5 Å². The van der Waals surface area contributed by atoms with Gasteiger partial charge in [0.05, 0.1) is 0 Å². The Kier molecular flexibility index (Phi) is 4.48. The minimum atomic E-state index is -0.374. The summed E-state index contributed by atoms with van der Waals surface area (Å²) in [5.41, 5.74) is 7.65. The summed E-state index contributed by atoms with van der Waals surface area (Å²) in [6.07, 6.45) is 0. The minimum absolute atomic E-state index is 0.176. The highest BCUT2D eigenvalue weighted by Gasteiger charge is 2.17. The molecule has 0 unspecified atom stereocenters. The molecule has 0 spiro atoms. The molecule has 0 aliphatic heterocycles. The van der Waals surface area contributed by atoms with Crippen LogP contribution in [0.2, 0.25) is 0 Å². The molecule has 104 valence electrons. The molecule has 1 amide bonds. The number of aryl methyl sites for hydroxylation is 1. The minimum Gasteiger partial charge on any atom is -0.329 e. The van der Waals surface area contributed by atoms with Crippen LogP contribution >= 0.6 is 0 Å². The van der Waals surface area contributed by atoms with E-state index < -0.39 is 0 Å². The maximum Gasteiger partial charge on any atom is 0.258 e. The van der Waals surface area contributed by atoms with E-state index in [9.17, 15) is 9.18 Å². The van der Waals surface area contributed by atoms with Gasteiger partial charge in [-0.2, -0.15) is 0 Å². The molecule has 2 aromatic carbocycles. The van der Waals surface area contributed by atoms with Crippen LogP contribution in [0.5, 0.6) is 0 Å². The third-order valence-corrected chi connectivity index (χ3v) is 2.98.